The molecule has 1 aliphatic rings. The number of carbonyl (C=O) groups excluding carboxylic acids is 3. The zero-order valence-electron chi connectivity index (χ0n) is 15.1. The molecule has 2 amide bonds. The first-order valence-electron chi connectivity index (χ1n) is 8.87. The van der Waals surface area contributed by atoms with Crippen LogP contribution in [0.15, 0.2) is 48.5 Å². The van der Waals surface area contributed by atoms with Gasteiger partial charge in [0.1, 0.15) is 0 Å². The van der Waals surface area contributed by atoms with E-state index < -0.39 is 0 Å². The van der Waals surface area contributed by atoms with Crippen molar-refractivity contribution in [1.29, 1.82) is 0 Å². The zero-order chi connectivity index (χ0) is 19.4. The molecule has 1 heterocycles. The molecule has 1 atom stereocenters. The molecule has 3 rings (SSSR count). The Morgan fingerprint density at radius 3 is 2.59 bits per heavy atom. The molecule has 140 valence electrons. The number of nitrogens with zero attached hydrogens (tertiary/aromatic N) is 1. The molecule has 0 spiro atoms. The Kier molecular flexibility index (Phi) is 5.91. The van der Waals surface area contributed by atoms with E-state index in [0.29, 0.717) is 35.8 Å². The van der Waals surface area contributed by atoms with Crippen molar-refractivity contribution < 1.29 is 14.4 Å². The van der Waals surface area contributed by atoms with Gasteiger partial charge in [-0.25, -0.2) is 0 Å². The Balaban J connectivity index is 1.54. The summed E-state index contributed by atoms with van der Waals surface area (Å²) in [5.74, 6) is -0.593. The largest absolute Gasteiger partial charge is 0.355 e. The lowest BCUT2D eigenvalue weighted by Gasteiger charge is -2.17. The van der Waals surface area contributed by atoms with Crippen LogP contribution >= 0.6 is 11.6 Å². The lowest BCUT2D eigenvalue weighted by Crippen LogP contribution is -2.34. The first kappa shape index (κ1) is 19.1. The van der Waals surface area contributed by atoms with E-state index >= 15 is 0 Å². The quantitative estimate of drug-likeness (QED) is 0.777. The molecule has 6 heteroatoms. The maximum atomic E-state index is 12.4. The van der Waals surface area contributed by atoms with E-state index in [9.17, 15) is 14.4 Å². The van der Waals surface area contributed by atoms with Crippen molar-refractivity contribution in [3.63, 3.8) is 0 Å². The minimum atomic E-state index is -0.371. The third-order valence-corrected chi connectivity index (χ3v) is 4.92. The van der Waals surface area contributed by atoms with Crippen LogP contribution in [0, 0.1) is 5.92 Å². The van der Waals surface area contributed by atoms with Gasteiger partial charge in [-0.05, 0) is 55.3 Å². The second kappa shape index (κ2) is 8.35. The van der Waals surface area contributed by atoms with Gasteiger partial charge in [0, 0.05) is 35.8 Å². The average Bonchev–Trinajstić information content (AvgIpc) is 3.03. The predicted molar refractivity (Wildman–Crippen MR) is 105 cm³/mol. The fourth-order valence-corrected chi connectivity index (χ4v) is 3.39. The molecule has 0 bridgehead atoms. The summed E-state index contributed by atoms with van der Waals surface area (Å²) < 4.78 is 0. The maximum absolute atomic E-state index is 12.4. The molecule has 0 saturated carbocycles. The van der Waals surface area contributed by atoms with Gasteiger partial charge in [0.05, 0.1) is 5.92 Å². The van der Waals surface area contributed by atoms with Gasteiger partial charge in [-0.1, -0.05) is 23.7 Å². The van der Waals surface area contributed by atoms with E-state index in [-0.39, 0.29) is 29.9 Å². The van der Waals surface area contributed by atoms with Crippen molar-refractivity contribution in [1.82, 2.24) is 5.32 Å². The number of carbonyl (C=O) groups is 3. The summed E-state index contributed by atoms with van der Waals surface area (Å²) in [6.07, 6.45) is 0.876. The highest BCUT2D eigenvalue weighted by atomic mass is 35.5. The highest BCUT2D eigenvalue weighted by molar-refractivity contribution is 6.30. The summed E-state index contributed by atoms with van der Waals surface area (Å²) in [6.45, 7) is 2.35. The van der Waals surface area contributed by atoms with Gasteiger partial charge in [0.25, 0.3) is 0 Å². The summed E-state index contributed by atoms with van der Waals surface area (Å²) in [6, 6.07) is 14.4. The molecule has 0 radical (unpaired) electrons. The lowest BCUT2D eigenvalue weighted by atomic mass is 10.1. The predicted octanol–water partition coefficient (Wildman–Crippen LogP) is 3.25. The lowest BCUT2D eigenvalue weighted by molar-refractivity contribution is -0.126. The number of amides is 2. The number of benzene rings is 2. The number of nitrogens with one attached hydrogen (secondary N) is 1. The monoisotopic (exact) mass is 384 g/mol. The summed E-state index contributed by atoms with van der Waals surface area (Å²) in [7, 11) is 0. The molecule has 0 aromatic heterocycles. The summed E-state index contributed by atoms with van der Waals surface area (Å²) in [4.78, 5) is 37.7. The minimum Gasteiger partial charge on any atom is -0.355 e. The van der Waals surface area contributed by atoms with Gasteiger partial charge in [0.2, 0.25) is 11.8 Å². The topological polar surface area (TPSA) is 66.5 Å². The molecule has 27 heavy (non-hydrogen) atoms. The van der Waals surface area contributed by atoms with Crippen LogP contribution in [0.3, 0.4) is 0 Å². The van der Waals surface area contributed by atoms with E-state index in [1.165, 1.54) is 6.92 Å². The van der Waals surface area contributed by atoms with Gasteiger partial charge < -0.3 is 10.2 Å². The van der Waals surface area contributed by atoms with Crippen LogP contribution in [0.2, 0.25) is 5.02 Å². The van der Waals surface area contributed by atoms with Crippen molar-refractivity contribution in [3.8, 4) is 0 Å². The fraction of sp³-hybridized carbons (Fsp3) is 0.286. The average molecular weight is 385 g/mol. The van der Waals surface area contributed by atoms with Gasteiger partial charge in [-0.2, -0.15) is 0 Å². The van der Waals surface area contributed by atoms with Crippen LogP contribution in [-0.4, -0.2) is 30.7 Å². The Labute approximate surface area is 163 Å². The van der Waals surface area contributed by atoms with Crippen molar-refractivity contribution >= 4 is 34.9 Å². The second-order valence-electron chi connectivity index (χ2n) is 6.68. The molecular formula is C21H21ClN2O3. The van der Waals surface area contributed by atoms with E-state index in [1.807, 2.05) is 24.3 Å². The van der Waals surface area contributed by atoms with Crippen molar-refractivity contribution in [2.24, 2.45) is 5.92 Å². The molecule has 1 aliphatic heterocycles. The van der Waals surface area contributed by atoms with Crippen LogP contribution in [-0.2, 0) is 16.0 Å². The third kappa shape index (κ3) is 4.74. The molecule has 5 nitrogen and oxygen atoms in total. The number of ketones is 1. The van der Waals surface area contributed by atoms with E-state index in [0.717, 1.165) is 5.56 Å². The first-order chi connectivity index (χ1) is 12.9. The number of anilines is 1. The summed E-state index contributed by atoms with van der Waals surface area (Å²) in [5.41, 5.74) is 2.36. The molecule has 1 saturated heterocycles. The highest BCUT2D eigenvalue weighted by Gasteiger charge is 2.34. The van der Waals surface area contributed by atoms with Crippen LogP contribution < -0.4 is 10.2 Å². The maximum Gasteiger partial charge on any atom is 0.227 e. The Morgan fingerprint density at radius 2 is 1.93 bits per heavy atom. The third-order valence-electron chi connectivity index (χ3n) is 4.68. The molecular weight excluding hydrogens is 364 g/mol. The van der Waals surface area contributed by atoms with Gasteiger partial charge in [-0.15, -0.1) is 0 Å². The van der Waals surface area contributed by atoms with Crippen LogP contribution in [0.1, 0.15) is 29.3 Å². The number of Topliss-reactive ketones (excluding diaryl/α,β-unsaturated/α-hetero) is 1. The fourth-order valence-electron chi connectivity index (χ4n) is 3.18. The molecule has 0 aliphatic carbocycles. The molecule has 2 aromatic carbocycles. The number of halogens is 1. The summed E-state index contributed by atoms with van der Waals surface area (Å²) >= 11 is 5.96. The molecule has 1 fully saturated rings. The Morgan fingerprint density at radius 1 is 1.19 bits per heavy atom. The zero-order valence-corrected chi connectivity index (χ0v) is 15.8. The van der Waals surface area contributed by atoms with Crippen molar-refractivity contribution in [3.05, 3.63) is 64.7 Å². The second-order valence-corrected chi connectivity index (χ2v) is 7.12. The van der Waals surface area contributed by atoms with Crippen LogP contribution in [0.4, 0.5) is 5.69 Å². The van der Waals surface area contributed by atoms with Crippen molar-refractivity contribution in [2.75, 3.05) is 18.0 Å². The molecule has 2 aromatic rings. The molecule has 1 N–H and O–H groups in total. The van der Waals surface area contributed by atoms with Crippen molar-refractivity contribution in [2.45, 2.75) is 19.8 Å². The van der Waals surface area contributed by atoms with E-state index in [1.54, 1.807) is 29.2 Å². The number of rotatable bonds is 6. The van der Waals surface area contributed by atoms with Gasteiger partial charge in [0.15, 0.2) is 5.78 Å². The SMILES string of the molecule is CC(=O)c1ccc(N2CC(C(=O)NCCc3cccc(Cl)c3)CC2=O)cc1. The molecule has 1 unspecified atom stereocenters. The standard InChI is InChI=1S/C21H21ClN2O3/c1-14(25)16-5-7-19(8-6-16)24-13-17(12-20(24)26)21(27)23-10-9-15-3-2-4-18(22)11-15/h2-8,11,17H,9-10,12-13H2,1H3,(H,23,27). The van der Waals surface area contributed by atoms with Gasteiger partial charge >= 0.3 is 0 Å². The van der Waals surface area contributed by atoms with E-state index in [2.05, 4.69) is 5.32 Å². The number of hydrogen-bond acceptors (Lipinski definition) is 3. The van der Waals surface area contributed by atoms with Gasteiger partial charge in [-0.3, -0.25) is 14.4 Å². The van der Waals surface area contributed by atoms with E-state index in [4.69, 9.17) is 11.6 Å². The first-order valence-corrected chi connectivity index (χ1v) is 9.25. The minimum absolute atomic E-state index is 0.0220. The Hall–Kier alpha value is -2.66. The summed E-state index contributed by atoms with van der Waals surface area (Å²) in [5, 5.41) is 3.58. The smallest absolute Gasteiger partial charge is 0.227 e. The normalized spacial score (nSPS) is 16.4. The van der Waals surface area contributed by atoms with Crippen LogP contribution in [0.25, 0.3) is 0 Å². The number of hydrogen-bond donors (Lipinski definition) is 1. The van der Waals surface area contributed by atoms with Crippen LogP contribution in [0.5, 0.6) is 0 Å². The Bertz CT molecular complexity index is 864. The highest BCUT2D eigenvalue weighted by Crippen LogP contribution is 2.25.